The Morgan fingerprint density at radius 1 is 0.963 bits per heavy atom. The molecule has 2 aromatic rings. The highest BCUT2D eigenvalue weighted by atomic mass is 35.5. The first-order chi connectivity index (χ1) is 12.7. The van der Waals surface area contributed by atoms with Gasteiger partial charge in [-0.15, -0.1) is 0 Å². The van der Waals surface area contributed by atoms with Crippen molar-refractivity contribution < 1.29 is 13.2 Å². The molecule has 1 saturated heterocycles. The van der Waals surface area contributed by atoms with Crippen LogP contribution in [0.2, 0.25) is 10.0 Å². The van der Waals surface area contributed by atoms with Gasteiger partial charge in [0.25, 0.3) is 0 Å². The summed E-state index contributed by atoms with van der Waals surface area (Å²) >= 11 is 12.3. The number of rotatable bonds is 4. The topological polar surface area (TPSA) is 49.9 Å². The zero-order chi connectivity index (χ0) is 19.8. The van der Waals surface area contributed by atoms with Gasteiger partial charge in [0, 0.05) is 37.3 Å². The van der Waals surface area contributed by atoms with Gasteiger partial charge in [0.2, 0.25) is 10.0 Å². The Hall–Kier alpha value is -1.47. The number of benzene rings is 2. The van der Waals surface area contributed by atoms with Crippen LogP contribution in [0.3, 0.4) is 0 Å². The lowest BCUT2D eigenvalue weighted by molar-refractivity contribution is 0.383. The Bertz CT molecular complexity index is 956. The molecule has 0 spiro atoms. The standard InChI is InChI=1S/C19H22Cl2N2O3S/c1-13-10-14(2)19(12-18(13)26-3)27(24,25)23-8-6-22(7-9-23)17-11-15(20)4-5-16(17)21/h4-5,10-12H,6-9H2,1-3H3. The third-order valence-corrected chi connectivity index (χ3v) is 7.39. The number of ether oxygens (including phenoxy) is 1. The van der Waals surface area contributed by atoms with Crippen LogP contribution in [0.5, 0.6) is 5.75 Å². The zero-order valence-electron chi connectivity index (χ0n) is 15.5. The van der Waals surface area contributed by atoms with E-state index in [0.717, 1.165) is 11.3 Å². The van der Waals surface area contributed by atoms with Gasteiger partial charge in [-0.2, -0.15) is 4.31 Å². The Labute approximate surface area is 170 Å². The maximum atomic E-state index is 13.2. The molecule has 0 amide bonds. The number of halogens is 2. The maximum absolute atomic E-state index is 13.2. The minimum absolute atomic E-state index is 0.291. The summed E-state index contributed by atoms with van der Waals surface area (Å²) in [6, 6.07) is 8.75. The second kappa shape index (κ2) is 7.87. The van der Waals surface area contributed by atoms with Crippen LogP contribution < -0.4 is 9.64 Å². The predicted molar refractivity (Wildman–Crippen MR) is 110 cm³/mol. The molecule has 0 aromatic heterocycles. The van der Waals surface area contributed by atoms with E-state index < -0.39 is 10.0 Å². The van der Waals surface area contributed by atoms with Crippen molar-refractivity contribution in [3.05, 3.63) is 51.5 Å². The molecule has 0 bridgehead atoms. The lowest BCUT2D eigenvalue weighted by atomic mass is 10.1. The third-order valence-electron chi connectivity index (χ3n) is 4.80. The minimum atomic E-state index is -3.60. The van der Waals surface area contributed by atoms with Crippen LogP contribution >= 0.6 is 23.2 Å². The van der Waals surface area contributed by atoms with Crippen molar-refractivity contribution >= 4 is 38.9 Å². The maximum Gasteiger partial charge on any atom is 0.243 e. The first-order valence-electron chi connectivity index (χ1n) is 8.59. The molecule has 1 aliphatic rings. The Balaban J connectivity index is 1.82. The van der Waals surface area contributed by atoms with E-state index in [9.17, 15) is 8.42 Å². The molecule has 0 aliphatic carbocycles. The highest BCUT2D eigenvalue weighted by molar-refractivity contribution is 7.89. The molecule has 146 valence electrons. The van der Waals surface area contributed by atoms with Crippen LogP contribution in [0.4, 0.5) is 5.69 Å². The summed E-state index contributed by atoms with van der Waals surface area (Å²) in [4.78, 5) is 2.35. The summed E-state index contributed by atoms with van der Waals surface area (Å²) in [5.74, 6) is 0.573. The monoisotopic (exact) mass is 428 g/mol. The normalized spacial score (nSPS) is 15.8. The molecule has 0 unspecified atom stereocenters. The second-order valence-electron chi connectivity index (χ2n) is 6.57. The van der Waals surface area contributed by atoms with E-state index in [1.165, 1.54) is 4.31 Å². The molecular weight excluding hydrogens is 407 g/mol. The van der Waals surface area contributed by atoms with Crippen LogP contribution in [0.15, 0.2) is 35.2 Å². The van der Waals surface area contributed by atoms with Gasteiger partial charge in [0.1, 0.15) is 5.75 Å². The van der Waals surface area contributed by atoms with Crippen LogP contribution in [-0.2, 0) is 10.0 Å². The molecule has 1 aliphatic heterocycles. The number of hydrogen-bond donors (Lipinski definition) is 0. The molecule has 0 N–H and O–H groups in total. The van der Waals surface area contributed by atoms with Crippen molar-refractivity contribution in [3.8, 4) is 5.75 Å². The van der Waals surface area contributed by atoms with Gasteiger partial charge in [-0.25, -0.2) is 8.42 Å². The second-order valence-corrected chi connectivity index (χ2v) is 9.32. The van der Waals surface area contributed by atoms with Crippen LogP contribution in [-0.4, -0.2) is 46.0 Å². The van der Waals surface area contributed by atoms with E-state index in [2.05, 4.69) is 4.90 Å². The largest absolute Gasteiger partial charge is 0.496 e. The summed E-state index contributed by atoms with van der Waals surface area (Å²) in [5.41, 5.74) is 2.46. The number of methoxy groups -OCH3 is 1. The number of nitrogens with zero attached hydrogens (tertiary/aromatic N) is 2. The van der Waals surface area contributed by atoms with Crippen LogP contribution in [0.25, 0.3) is 0 Å². The molecule has 5 nitrogen and oxygen atoms in total. The van der Waals surface area contributed by atoms with Crippen molar-refractivity contribution in [3.63, 3.8) is 0 Å². The molecule has 0 radical (unpaired) electrons. The summed E-state index contributed by atoms with van der Waals surface area (Å²) in [6.07, 6.45) is 0. The van der Waals surface area contributed by atoms with E-state index in [0.29, 0.717) is 52.4 Å². The Morgan fingerprint density at radius 2 is 1.63 bits per heavy atom. The predicted octanol–water partition coefficient (Wildman–Crippen LogP) is 4.13. The summed E-state index contributed by atoms with van der Waals surface area (Å²) in [7, 11) is -2.06. The number of aryl methyl sites for hydroxylation is 2. The molecule has 3 rings (SSSR count). The van der Waals surface area contributed by atoms with Gasteiger partial charge in [-0.3, -0.25) is 0 Å². The van der Waals surface area contributed by atoms with E-state index >= 15 is 0 Å². The quantitative estimate of drug-likeness (QED) is 0.734. The number of piperazine rings is 1. The number of hydrogen-bond acceptors (Lipinski definition) is 4. The molecule has 1 fully saturated rings. The smallest absolute Gasteiger partial charge is 0.243 e. The minimum Gasteiger partial charge on any atom is -0.496 e. The molecule has 0 saturated carbocycles. The first-order valence-corrected chi connectivity index (χ1v) is 10.8. The molecular formula is C19H22Cl2N2O3S. The lowest BCUT2D eigenvalue weighted by Crippen LogP contribution is -2.48. The van der Waals surface area contributed by atoms with Gasteiger partial charge < -0.3 is 9.64 Å². The van der Waals surface area contributed by atoms with Crippen molar-refractivity contribution in [2.24, 2.45) is 0 Å². The van der Waals surface area contributed by atoms with Gasteiger partial charge in [-0.1, -0.05) is 29.3 Å². The van der Waals surface area contributed by atoms with Crippen LogP contribution in [0.1, 0.15) is 11.1 Å². The first kappa shape index (κ1) is 20.3. The molecule has 1 heterocycles. The van der Waals surface area contributed by atoms with Gasteiger partial charge in [0.05, 0.1) is 22.7 Å². The Kier molecular flexibility index (Phi) is 5.91. The third kappa shape index (κ3) is 4.04. The number of anilines is 1. The summed E-state index contributed by atoms with van der Waals surface area (Å²) in [6.45, 7) is 5.54. The lowest BCUT2D eigenvalue weighted by Gasteiger charge is -2.36. The highest BCUT2D eigenvalue weighted by Crippen LogP contribution is 2.32. The SMILES string of the molecule is COc1cc(S(=O)(=O)N2CCN(c3cc(Cl)ccc3Cl)CC2)c(C)cc1C. The zero-order valence-corrected chi connectivity index (χ0v) is 17.8. The van der Waals surface area contributed by atoms with E-state index in [1.807, 2.05) is 19.1 Å². The van der Waals surface area contributed by atoms with Gasteiger partial charge in [0.15, 0.2) is 0 Å². The van der Waals surface area contributed by atoms with Crippen molar-refractivity contribution in [2.75, 3.05) is 38.2 Å². The number of sulfonamides is 1. The van der Waals surface area contributed by atoms with Gasteiger partial charge in [-0.05, 0) is 43.2 Å². The van der Waals surface area contributed by atoms with Crippen molar-refractivity contribution in [1.29, 1.82) is 0 Å². The average Bonchev–Trinajstić information content (AvgIpc) is 2.64. The fourth-order valence-electron chi connectivity index (χ4n) is 3.35. The van der Waals surface area contributed by atoms with Crippen LogP contribution in [0, 0.1) is 13.8 Å². The van der Waals surface area contributed by atoms with Gasteiger partial charge >= 0.3 is 0 Å². The van der Waals surface area contributed by atoms with Crippen molar-refractivity contribution in [1.82, 2.24) is 4.31 Å². The fraction of sp³-hybridized carbons (Fsp3) is 0.368. The Morgan fingerprint density at radius 3 is 2.26 bits per heavy atom. The molecule has 2 aromatic carbocycles. The average molecular weight is 429 g/mol. The highest BCUT2D eigenvalue weighted by Gasteiger charge is 2.31. The molecule has 0 atom stereocenters. The molecule has 27 heavy (non-hydrogen) atoms. The fourth-order valence-corrected chi connectivity index (χ4v) is 5.40. The van der Waals surface area contributed by atoms with E-state index in [4.69, 9.17) is 27.9 Å². The van der Waals surface area contributed by atoms with E-state index in [1.54, 1.807) is 32.2 Å². The summed E-state index contributed by atoms with van der Waals surface area (Å²) < 4.78 is 33.1. The van der Waals surface area contributed by atoms with Crippen molar-refractivity contribution in [2.45, 2.75) is 18.7 Å². The molecule has 8 heteroatoms. The summed E-state index contributed by atoms with van der Waals surface area (Å²) in [5, 5.41) is 1.21. The van der Waals surface area contributed by atoms with E-state index in [-0.39, 0.29) is 0 Å².